The van der Waals surface area contributed by atoms with Gasteiger partial charge in [-0.15, -0.1) is 0 Å². The monoisotopic (exact) mass is 271 g/mol. The van der Waals surface area contributed by atoms with Crippen molar-refractivity contribution in [3.63, 3.8) is 0 Å². The zero-order valence-corrected chi connectivity index (χ0v) is 12.4. The summed E-state index contributed by atoms with van der Waals surface area (Å²) >= 11 is 0. The molecule has 0 amide bonds. The molecule has 0 spiro atoms. The zero-order chi connectivity index (χ0) is 11.6. The van der Waals surface area contributed by atoms with Gasteiger partial charge in [-0.25, -0.2) is 0 Å². The molecule has 5 N–H and O–H groups in total. The molecule has 0 aromatic carbocycles. The average Bonchev–Trinajstić information content (AvgIpc) is 1.95. The van der Waals surface area contributed by atoms with Crippen LogP contribution in [0.15, 0.2) is 0 Å². The maximum atomic E-state index is 10.8. The van der Waals surface area contributed by atoms with Crippen molar-refractivity contribution in [2.45, 2.75) is 31.3 Å². The van der Waals surface area contributed by atoms with Crippen LogP contribution in [0, 0.1) is 0 Å². The number of hydrogen-bond acceptors (Lipinski definition) is 3. The van der Waals surface area contributed by atoms with Gasteiger partial charge < -0.3 is 24.7 Å². The third-order valence-electron chi connectivity index (χ3n) is 1.80. The van der Waals surface area contributed by atoms with Crippen LogP contribution < -0.4 is 0 Å². The minimum atomic E-state index is -5.25. The molecule has 0 bridgehead atoms. The van der Waals surface area contributed by atoms with Gasteiger partial charge in [0.1, 0.15) is 0 Å². The fourth-order valence-corrected chi connectivity index (χ4v) is 3.13. The van der Waals surface area contributed by atoms with E-state index in [9.17, 15) is 14.2 Å². The Hall–Kier alpha value is 1.26. The molecule has 0 aliphatic heterocycles. The molecule has 0 atom stereocenters. The van der Waals surface area contributed by atoms with Crippen molar-refractivity contribution in [3.05, 3.63) is 0 Å². The second-order valence-electron chi connectivity index (χ2n) is 2.97. The quantitative estimate of drug-likeness (QED) is 0.345. The smallest absolute Gasteiger partial charge is 0.368 e. The fraction of sp³-hybridized carbons (Fsp3) is 1.00. The first-order valence-electron chi connectivity index (χ1n) is 3.90. The van der Waals surface area contributed by atoms with Crippen LogP contribution in [0.1, 0.15) is 26.2 Å². The summed E-state index contributed by atoms with van der Waals surface area (Å²) in [4.78, 5) is 34.7. The van der Waals surface area contributed by atoms with Crippen molar-refractivity contribution in [1.82, 2.24) is 0 Å². The van der Waals surface area contributed by atoms with E-state index in [-0.39, 0.29) is 36.0 Å². The van der Waals surface area contributed by atoms with Crippen LogP contribution in [-0.4, -0.2) is 59.3 Å². The summed E-state index contributed by atoms with van der Waals surface area (Å²) in [7, 11) is -10.5. The van der Waals surface area contributed by atoms with E-state index in [4.69, 9.17) is 19.6 Å². The van der Waals surface area contributed by atoms with Crippen molar-refractivity contribution in [1.29, 1.82) is 0 Å². The molecule has 0 rings (SSSR count). The Labute approximate surface area is 110 Å². The molecule has 0 fully saturated rings. The molecule has 0 unspecified atom stereocenters. The average molecular weight is 271 g/mol. The van der Waals surface area contributed by atoms with Gasteiger partial charge in [-0.1, -0.05) is 13.3 Å². The predicted molar refractivity (Wildman–Crippen MR) is 54.3 cm³/mol. The topological polar surface area (TPSA) is 135 Å². The Morgan fingerprint density at radius 1 is 1.07 bits per heavy atom. The maximum absolute atomic E-state index is 10.8. The molecule has 87 valence electrons. The molecule has 0 saturated carbocycles. The van der Waals surface area contributed by atoms with Gasteiger partial charge >= 0.3 is 15.2 Å². The van der Waals surface area contributed by atoms with Gasteiger partial charge in [0.25, 0.3) is 5.08 Å². The van der Waals surface area contributed by atoms with Crippen LogP contribution in [0.3, 0.4) is 0 Å². The first-order valence-corrected chi connectivity index (χ1v) is 7.12. The van der Waals surface area contributed by atoms with E-state index in [2.05, 4.69) is 0 Å². The first kappa shape index (κ1) is 18.6. The Bertz CT molecular complexity index is 259. The van der Waals surface area contributed by atoms with E-state index in [0.717, 1.165) is 0 Å². The number of aliphatic hydroxyl groups is 1. The molecule has 0 aliphatic rings. The molecular weight excluding hydrogens is 257 g/mol. The number of rotatable bonds is 5. The van der Waals surface area contributed by atoms with E-state index in [1.54, 1.807) is 6.92 Å². The summed E-state index contributed by atoms with van der Waals surface area (Å²) in [6, 6.07) is 0. The molecule has 0 aliphatic carbocycles. The van der Waals surface area contributed by atoms with E-state index in [1.807, 2.05) is 0 Å². The van der Waals surface area contributed by atoms with Crippen LogP contribution in [0.5, 0.6) is 0 Å². The molecule has 0 aromatic rings. The van der Waals surface area contributed by atoms with Gasteiger partial charge in [0.15, 0.2) is 0 Å². The summed E-state index contributed by atoms with van der Waals surface area (Å²) < 4.78 is 21.5. The molecular formula is C5H14NaO7P2. The summed E-state index contributed by atoms with van der Waals surface area (Å²) in [6.45, 7) is 1.67. The van der Waals surface area contributed by atoms with Gasteiger partial charge in [-0.05, 0) is 12.8 Å². The largest absolute Gasteiger partial charge is 0.369 e. The molecule has 7 nitrogen and oxygen atoms in total. The third kappa shape index (κ3) is 4.56. The van der Waals surface area contributed by atoms with Crippen LogP contribution >= 0.6 is 15.2 Å². The summed E-state index contributed by atoms with van der Waals surface area (Å²) in [5.41, 5.74) is 0. The fourth-order valence-electron chi connectivity index (χ4n) is 0.875. The van der Waals surface area contributed by atoms with Crippen molar-refractivity contribution in [3.8, 4) is 0 Å². The Morgan fingerprint density at radius 3 is 1.60 bits per heavy atom. The minimum absolute atomic E-state index is 0. The van der Waals surface area contributed by atoms with Crippen molar-refractivity contribution < 1.29 is 33.8 Å². The molecule has 10 heteroatoms. The second-order valence-corrected chi connectivity index (χ2v) is 6.97. The van der Waals surface area contributed by atoms with Gasteiger partial charge in [0.2, 0.25) is 0 Å². The summed E-state index contributed by atoms with van der Waals surface area (Å²) in [6.07, 6.45) is -0.0485. The maximum Gasteiger partial charge on any atom is 0.369 e. The van der Waals surface area contributed by atoms with Crippen molar-refractivity contribution in [2.24, 2.45) is 0 Å². The number of unbranched alkanes of at least 4 members (excludes halogenated alkanes) is 1. The van der Waals surface area contributed by atoms with Crippen LogP contribution in [0.2, 0.25) is 0 Å². The van der Waals surface area contributed by atoms with Crippen LogP contribution in [-0.2, 0) is 9.13 Å². The summed E-state index contributed by atoms with van der Waals surface area (Å²) in [5, 5.41) is 6.05. The van der Waals surface area contributed by atoms with E-state index >= 15 is 0 Å². The second kappa shape index (κ2) is 6.26. The minimum Gasteiger partial charge on any atom is -0.368 e. The van der Waals surface area contributed by atoms with Crippen molar-refractivity contribution >= 4 is 44.7 Å². The Morgan fingerprint density at radius 2 is 1.40 bits per heavy atom. The van der Waals surface area contributed by atoms with Crippen molar-refractivity contribution in [2.75, 3.05) is 0 Å². The molecule has 15 heavy (non-hydrogen) atoms. The van der Waals surface area contributed by atoms with Gasteiger partial charge in [-0.3, -0.25) is 9.13 Å². The third-order valence-corrected chi connectivity index (χ3v) is 5.68. The molecule has 0 saturated heterocycles. The standard InChI is InChI=1S/C5H14O7P2.Na/c1-2-3-4-5(6,13(7,8)9)14(10,11)12;/h6H,2-4H2,1H3,(H2,7,8,9)(H2,10,11,12);. The zero-order valence-electron chi connectivity index (χ0n) is 8.57. The number of hydrogen-bond donors (Lipinski definition) is 5. The first-order chi connectivity index (χ1) is 6.06. The van der Waals surface area contributed by atoms with Gasteiger partial charge in [-0.2, -0.15) is 0 Å². The van der Waals surface area contributed by atoms with E-state index < -0.39 is 26.7 Å². The van der Waals surface area contributed by atoms with E-state index in [0.29, 0.717) is 6.42 Å². The van der Waals surface area contributed by atoms with E-state index in [1.165, 1.54) is 0 Å². The van der Waals surface area contributed by atoms with Gasteiger partial charge in [0.05, 0.1) is 0 Å². The SMILES string of the molecule is CCCCC(O)(P(=O)(O)O)P(=O)(O)O.[Na]. The Balaban J connectivity index is 0. The predicted octanol–water partition coefficient (Wildman–Crippen LogP) is -0.203. The molecule has 1 radical (unpaired) electrons. The molecule has 0 aromatic heterocycles. The normalized spacial score (nSPS) is 13.5. The van der Waals surface area contributed by atoms with Gasteiger partial charge in [0, 0.05) is 29.6 Å². The van der Waals surface area contributed by atoms with Crippen LogP contribution in [0.4, 0.5) is 0 Å². The Kier molecular flexibility index (Phi) is 7.77. The summed E-state index contributed by atoms with van der Waals surface area (Å²) in [5.74, 6) is 0. The van der Waals surface area contributed by atoms with Crippen LogP contribution in [0.25, 0.3) is 0 Å². The molecule has 0 heterocycles.